The number of benzene rings is 3. The van der Waals surface area contributed by atoms with Crippen molar-refractivity contribution in [2.45, 2.75) is 33.4 Å². The first-order valence-electron chi connectivity index (χ1n) is 10.9. The van der Waals surface area contributed by atoms with Gasteiger partial charge in [0.05, 0.1) is 10.7 Å². The number of anilines is 1. The van der Waals surface area contributed by atoms with Crippen molar-refractivity contribution in [1.29, 1.82) is 0 Å². The van der Waals surface area contributed by atoms with Crippen LogP contribution < -0.4 is 4.90 Å². The van der Waals surface area contributed by atoms with E-state index in [1.807, 2.05) is 86.0 Å². The molecule has 1 aromatic heterocycles. The summed E-state index contributed by atoms with van der Waals surface area (Å²) in [5, 5.41) is 5.74. The van der Waals surface area contributed by atoms with Gasteiger partial charge in [-0.25, -0.2) is 4.68 Å². The molecule has 3 aromatic carbocycles. The Morgan fingerprint density at radius 3 is 2.35 bits per heavy atom. The number of aryl methyl sites for hydroxylation is 1. The number of aromatic nitrogens is 3. The lowest BCUT2D eigenvalue weighted by Crippen LogP contribution is -2.39. The Labute approximate surface area is 214 Å². The highest BCUT2D eigenvalue weighted by atomic mass is 35.5. The second kappa shape index (κ2) is 10.1. The molecule has 0 aliphatic carbocycles. The molecule has 4 aromatic rings. The topological polar surface area (TPSA) is 43.1 Å². The number of amides is 1. The molecular formula is C26H24Cl2N4OS. The molecule has 0 atom stereocenters. The molecule has 0 unspecified atom stereocenters. The van der Waals surface area contributed by atoms with Crippen LogP contribution in [0.4, 0.5) is 5.69 Å². The molecule has 8 heteroatoms. The summed E-state index contributed by atoms with van der Waals surface area (Å²) in [6, 6.07) is 22.7. The number of carbonyl (C=O) groups is 1. The number of hydrogen-bond acceptors (Lipinski definition) is 3. The number of carbonyl (C=O) groups excluding carboxylic acids is 1. The number of rotatable bonds is 6. The molecule has 1 amide bonds. The van der Waals surface area contributed by atoms with Crippen molar-refractivity contribution < 1.29 is 4.79 Å². The van der Waals surface area contributed by atoms with E-state index in [1.54, 1.807) is 21.7 Å². The maximum atomic E-state index is 13.4. The SMILES string of the molecule is Cc1ccccc1-n1c(-c2ccc(Cl)cc2Cl)nn(CC(=O)N(c2ccccc2)C(C)C)c1=S. The molecule has 5 nitrogen and oxygen atoms in total. The number of nitrogens with zero attached hydrogens (tertiary/aromatic N) is 4. The largest absolute Gasteiger partial charge is 0.308 e. The van der Waals surface area contributed by atoms with E-state index in [9.17, 15) is 4.79 Å². The van der Waals surface area contributed by atoms with Crippen LogP contribution in [-0.2, 0) is 11.3 Å². The van der Waals surface area contributed by atoms with Gasteiger partial charge in [-0.1, -0.05) is 59.6 Å². The van der Waals surface area contributed by atoms with Crippen molar-refractivity contribution in [1.82, 2.24) is 14.3 Å². The summed E-state index contributed by atoms with van der Waals surface area (Å²) in [7, 11) is 0. The Bertz CT molecular complexity index is 1400. The first-order chi connectivity index (χ1) is 16.3. The van der Waals surface area contributed by atoms with Crippen LogP contribution in [0.1, 0.15) is 19.4 Å². The van der Waals surface area contributed by atoms with E-state index in [2.05, 4.69) is 0 Å². The lowest BCUT2D eigenvalue weighted by atomic mass is 10.1. The summed E-state index contributed by atoms with van der Waals surface area (Å²) in [5.74, 6) is 0.435. The average molecular weight is 511 g/mol. The molecule has 0 radical (unpaired) electrons. The summed E-state index contributed by atoms with van der Waals surface area (Å²) < 4.78 is 3.82. The lowest BCUT2D eigenvalue weighted by molar-refractivity contribution is -0.119. The van der Waals surface area contributed by atoms with Gasteiger partial charge >= 0.3 is 0 Å². The Morgan fingerprint density at radius 1 is 1.03 bits per heavy atom. The van der Waals surface area contributed by atoms with Crippen molar-refractivity contribution in [3.8, 4) is 17.1 Å². The second-order valence-electron chi connectivity index (χ2n) is 8.20. The van der Waals surface area contributed by atoms with Gasteiger partial charge in [0, 0.05) is 22.3 Å². The first kappa shape index (κ1) is 24.2. The van der Waals surface area contributed by atoms with Gasteiger partial charge in [0.2, 0.25) is 10.7 Å². The third-order valence-electron chi connectivity index (χ3n) is 5.47. The summed E-state index contributed by atoms with van der Waals surface area (Å²) in [5.41, 5.74) is 3.39. The van der Waals surface area contributed by atoms with E-state index in [0.717, 1.165) is 16.9 Å². The highest BCUT2D eigenvalue weighted by Crippen LogP contribution is 2.32. The first-order valence-corrected chi connectivity index (χ1v) is 12.0. The number of hydrogen-bond donors (Lipinski definition) is 0. The fourth-order valence-corrected chi connectivity index (χ4v) is 4.69. The highest BCUT2D eigenvalue weighted by Gasteiger charge is 2.23. The lowest BCUT2D eigenvalue weighted by Gasteiger charge is -2.26. The smallest absolute Gasteiger partial charge is 0.249 e. The van der Waals surface area contributed by atoms with Crippen molar-refractivity contribution in [2.75, 3.05) is 4.90 Å². The van der Waals surface area contributed by atoms with Crippen LogP contribution in [-0.4, -0.2) is 26.3 Å². The molecule has 0 N–H and O–H groups in total. The van der Waals surface area contributed by atoms with E-state index < -0.39 is 0 Å². The third kappa shape index (κ3) is 4.80. The standard InChI is InChI=1S/C26H24Cl2N4OS/c1-17(2)31(20-10-5-4-6-11-20)24(33)16-30-26(34)32(23-12-8-7-9-18(23)3)25(29-30)21-14-13-19(27)15-22(21)28/h4-15,17H,16H2,1-3H3. The zero-order valence-corrected chi connectivity index (χ0v) is 21.4. The van der Waals surface area contributed by atoms with E-state index >= 15 is 0 Å². The summed E-state index contributed by atoms with van der Waals surface area (Å²) in [6.45, 7) is 5.95. The van der Waals surface area contributed by atoms with Gasteiger partial charge in [-0.05, 0) is 75.0 Å². The van der Waals surface area contributed by atoms with Crippen molar-refractivity contribution in [3.63, 3.8) is 0 Å². The maximum absolute atomic E-state index is 13.4. The van der Waals surface area contributed by atoms with Crippen LogP contribution >= 0.6 is 35.4 Å². The second-order valence-corrected chi connectivity index (χ2v) is 9.41. The molecule has 0 saturated carbocycles. The summed E-state index contributed by atoms with van der Waals surface area (Å²) in [6.07, 6.45) is 0. The normalized spacial score (nSPS) is 11.1. The van der Waals surface area contributed by atoms with Gasteiger partial charge < -0.3 is 4.90 Å². The molecular weight excluding hydrogens is 487 g/mol. The molecule has 0 fully saturated rings. The zero-order valence-electron chi connectivity index (χ0n) is 19.1. The minimum absolute atomic E-state index is 0.0109. The van der Waals surface area contributed by atoms with Gasteiger partial charge in [-0.15, -0.1) is 0 Å². The molecule has 0 spiro atoms. The molecule has 0 aliphatic heterocycles. The number of halogens is 2. The quantitative estimate of drug-likeness (QED) is 0.259. The van der Waals surface area contributed by atoms with Crippen LogP contribution in [0.25, 0.3) is 17.1 Å². The van der Waals surface area contributed by atoms with E-state index in [4.69, 9.17) is 40.5 Å². The van der Waals surface area contributed by atoms with E-state index in [-0.39, 0.29) is 18.5 Å². The van der Waals surface area contributed by atoms with E-state index in [1.165, 1.54) is 0 Å². The monoisotopic (exact) mass is 510 g/mol. The molecule has 174 valence electrons. The average Bonchev–Trinajstić information content (AvgIpc) is 3.10. The zero-order chi connectivity index (χ0) is 24.4. The molecule has 34 heavy (non-hydrogen) atoms. The van der Waals surface area contributed by atoms with Crippen LogP contribution in [0.2, 0.25) is 10.0 Å². The van der Waals surface area contributed by atoms with Crippen LogP contribution in [0, 0.1) is 11.7 Å². The summed E-state index contributed by atoms with van der Waals surface area (Å²) >= 11 is 18.5. The minimum atomic E-state index is -0.111. The van der Waals surface area contributed by atoms with Gasteiger partial charge in [-0.3, -0.25) is 9.36 Å². The summed E-state index contributed by atoms with van der Waals surface area (Å²) in [4.78, 5) is 15.2. The van der Waals surface area contributed by atoms with Gasteiger partial charge in [0.25, 0.3) is 0 Å². The molecule has 0 saturated heterocycles. The van der Waals surface area contributed by atoms with Gasteiger partial charge in [0.1, 0.15) is 6.54 Å². The van der Waals surface area contributed by atoms with E-state index in [0.29, 0.717) is 26.2 Å². The van der Waals surface area contributed by atoms with Crippen LogP contribution in [0.3, 0.4) is 0 Å². The predicted octanol–water partition coefficient (Wildman–Crippen LogP) is 7.13. The Morgan fingerprint density at radius 2 is 1.71 bits per heavy atom. The Balaban J connectivity index is 1.84. The van der Waals surface area contributed by atoms with Crippen LogP contribution in [0.5, 0.6) is 0 Å². The molecule has 4 rings (SSSR count). The van der Waals surface area contributed by atoms with Crippen molar-refractivity contribution >= 4 is 47.0 Å². The maximum Gasteiger partial charge on any atom is 0.249 e. The Kier molecular flexibility index (Phi) is 7.22. The highest BCUT2D eigenvalue weighted by molar-refractivity contribution is 7.71. The van der Waals surface area contributed by atoms with Crippen LogP contribution in [0.15, 0.2) is 72.8 Å². The van der Waals surface area contributed by atoms with Gasteiger partial charge in [-0.2, -0.15) is 5.10 Å². The minimum Gasteiger partial charge on any atom is -0.308 e. The van der Waals surface area contributed by atoms with Gasteiger partial charge in [0.15, 0.2) is 5.82 Å². The third-order valence-corrected chi connectivity index (χ3v) is 6.41. The Hall–Kier alpha value is -2.93. The number of para-hydroxylation sites is 2. The van der Waals surface area contributed by atoms with Crippen molar-refractivity contribution in [3.05, 3.63) is 93.2 Å². The fourth-order valence-electron chi connectivity index (χ4n) is 3.91. The molecule has 1 heterocycles. The molecule has 0 aliphatic rings. The predicted molar refractivity (Wildman–Crippen MR) is 142 cm³/mol. The fraction of sp³-hybridized carbons (Fsp3) is 0.192. The molecule has 0 bridgehead atoms. The van der Waals surface area contributed by atoms with Crippen molar-refractivity contribution in [2.24, 2.45) is 0 Å².